The molecule has 0 fully saturated rings. The van der Waals surface area contributed by atoms with Crippen LogP contribution in [0, 0.1) is 6.92 Å². The first-order chi connectivity index (χ1) is 11.6. The van der Waals surface area contributed by atoms with E-state index in [-0.39, 0.29) is 0 Å². The summed E-state index contributed by atoms with van der Waals surface area (Å²) in [5, 5.41) is 0. The second kappa shape index (κ2) is 7.32. The number of hydrogen-bond acceptors (Lipinski definition) is 2. The summed E-state index contributed by atoms with van der Waals surface area (Å²) in [5.41, 5.74) is 4.26. The molecule has 3 aromatic carbocycles. The molecule has 0 radical (unpaired) electrons. The van der Waals surface area contributed by atoms with Gasteiger partial charge in [0, 0.05) is 11.9 Å². The quantitative estimate of drug-likeness (QED) is 0.698. The van der Waals surface area contributed by atoms with E-state index in [4.69, 9.17) is 4.74 Å². The molecule has 1 N–H and O–H groups in total. The SMILES string of the molecule is Cc1cc(NS(C)=O)ccc1-c1ccc(Oc2ccccc2)cc1. The lowest BCUT2D eigenvalue weighted by Gasteiger charge is -2.11. The Labute approximate surface area is 144 Å². The minimum atomic E-state index is -1.07. The highest BCUT2D eigenvalue weighted by Crippen LogP contribution is 2.29. The van der Waals surface area contributed by atoms with Gasteiger partial charge in [0.15, 0.2) is 0 Å². The van der Waals surface area contributed by atoms with E-state index in [1.54, 1.807) is 6.26 Å². The Bertz CT molecular complexity index is 845. The molecule has 0 bridgehead atoms. The van der Waals surface area contributed by atoms with E-state index < -0.39 is 11.0 Å². The van der Waals surface area contributed by atoms with Crippen LogP contribution in [0.3, 0.4) is 0 Å². The first-order valence-corrected chi connectivity index (χ1v) is 9.22. The van der Waals surface area contributed by atoms with Crippen LogP contribution >= 0.6 is 0 Å². The van der Waals surface area contributed by atoms with Crippen molar-refractivity contribution in [2.24, 2.45) is 0 Å². The number of nitrogens with one attached hydrogen (secondary N) is 1. The van der Waals surface area contributed by atoms with Gasteiger partial charge < -0.3 is 9.46 Å². The van der Waals surface area contributed by atoms with Gasteiger partial charge in [-0.05, 0) is 60.0 Å². The van der Waals surface area contributed by atoms with E-state index in [9.17, 15) is 4.21 Å². The minimum Gasteiger partial charge on any atom is -0.457 e. The molecule has 3 rings (SSSR count). The third-order valence-corrected chi connectivity index (χ3v) is 4.16. The Morgan fingerprint density at radius 3 is 2.17 bits per heavy atom. The van der Waals surface area contributed by atoms with E-state index in [0.29, 0.717) is 0 Å². The summed E-state index contributed by atoms with van der Waals surface area (Å²) in [7, 11) is -1.07. The van der Waals surface area contributed by atoms with Crippen molar-refractivity contribution in [1.82, 2.24) is 0 Å². The van der Waals surface area contributed by atoms with Crippen molar-refractivity contribution in [2.45, 2.75) is 6.92 Å². The van der Waals surface area contributed by atoms with Crippen LogP contribution in [0.25, 0.3) is 11.1 Å². The van der Waals surface area contributed by atoms with Crippen molar-refractivity contribution < 1.29 is 8.95 Å². The van der Waals surface area contributed by atoms with Gasteiger partial charge in [-0.1, -0.05) is 36.4 Å². The van der Waals surface area contributed by atoms with Crippen LogP contribution in [0.15, 0.2) is 72.8 Å². The maximum atomic E-state index is 11.3. The highest BCUT2D eigenvalue weighted by atomic mass is 32.2. The van der Waals surface area contributed by atoms with Crippen LogP contribution < -0.4 is 9.46 Å². The molecule has 0 amide bonds. The second-order valence-electron chi connectivity index (χ2n) is 5.53. The Balaban J connectivity index is 1.79. The molecule has 122 valence electrons. The summed E-state index contributed by atoms with van der Waals surface area (Å²) in [6.07, 6.45) is 1.62. The summed E-state index contributed by atoms with van der Waals surface area (Å²) in [6.45, 7) is 2.05. The van der Waals surface area contributed by atoms with E-state index in [2.05, 4.69) is 4.72 Å². The first-order valence-electron chi connectivity index (χ1n) is 7.66. The van der Waals surface area contributed by atoms with Gasteiger partial charge in [0.2, 0.25) is 0 Å². The van der Waals surface area contributed by atoms with Crippen LogP contribution in [0.4, 0.5) is 5.69 Å². The molecule has 0 spiro atoms. The Hall–Kier alpha value is -2.59. The standard InChI is InChI=1S/C20H19NO2S/c1-15-14-17(21-24(2)22)10-13-20(15)16-8-11-19(12-9-16)23-18-6-4-3-5-7-18/h3-14,21H,1-2H3. The molecular weight excluding hydrogens is 318 g/mol. The zero-order chi connectivity index (χ0) is 16.9. The molecule has 3 nitrogen and oxygen atoms in total. The van der Waals surface area contributed by atoms with Gasteiger partial charge in [-0.15, -0.1) is 0 Å². The molecule has 0 saturated heterocycles. The smallest absolute Gasteiger partial charge is 0.127 e. The molecule has 0 heterocycles. The molecule has 1 atom stereocenters. The topological polar surface area (TPSA) is 38.3 Å². The van der Waals surface area contributed by atoms with Crippen LogP contribution in [0.1, 0.15) is 5.56 Å². The van der Waals surface area contributed by atoms with E-state index >= 15 is 0 Å². The second-order valence-corrected chi connectivity index (χ2v) is 6.64. The number of rotatable bonds is 5. The zero-order valence-corrected chi connectivity index (χ0v) is 14.5. The third kappa shape index (κ3) is 4.03. The van der Waals surface area contributed by atoms with Crippen molar-refractivity contribution in [3.63, 3.8) is 0 Å². The number of aryl methyl sites for hydroxylation is 1. The Morgan fingerprint density at radius 2 is 1.54 bits per heavy atom. The van der Waals surface area contributed by atoms with Crippen LogP contribution in [0.5, 0.6) is 11.5 Å². The summed E-state index contributed by atoms with van der Waals surface area (Å²) < 4.78 is 20.0. The Morgan fingerprint density at radius 1 is 0.875 bits per heavy atom. The molecule has 0 aliphatic carbocycles. The van der Waals surface area contributed by atoms with E-state index in [0.717, 1.165) is 33.9 Å². The average Bonchev–Trinajstić information content (AvgIpc) is 2.56. The number of para-hydroxylation sites is 1. The molecule has 0 aliphatic heterocycles. The number of hydrogen-bond donors (Lipinski definition) is 1. The molecule has 1 unspecified atom stereocenters. The minimum absolute atomic E-state index is 0.808. The van der Waals surface area contributed by atoms with Gasteiger partial charge >= 0.3 is 0 Å². The molecule has 4 heteroatoms. The molecule has 24 heavy (non-hydrogen) atoms. The van der Waals surface area contributed by atoms with Crippen LogP contribution in [-0.2, 0) is 11.0 Å². The lowest BCUT2D eigenvalue weighted by atomic mass is 10.00. The lowest BCUT2D eigenvalue weighted by Crippen LogP contribution is -2.01. The fraction of sp³-hybridized carbons (Fsp3) is 0.100. The van der Waals surface area contributed by atoms with Crippen molar-refractivity contribution in [3.05, 3.63) is 78.4 Å². The van der Waals surface area contributed by atoms with Gasteiger partial charge in [0.1, 0.15) is 22.5 Å². The summed E-state index contributed by atoms with van der Waals surface area (Å²) in [5.74, 6) is 1.63. The lowest BCUT2D eigenvalue weighted by molar-refractivity contribution is 0.483. The number of benzene rings is 3. The Kier molecular flexibility index (Phi) is 4.96. The maximum absolute atomic E-state index is 11.3. The highest BCUT2D eigenvalue weighted by Gasteiger charge is 2.05. The van der Waals surface area contributed by atoms with Gasteiger partial charge in [-0.2, -0.15) is 0 Å². The predicted molar refractivity (Wildman–Crippen MR) is 101 cm³/mol. The summed E-state index contributed by atoms with van der Waals surface area (Å²) in [4.78, 5) is 0. The van der Waals surface area contributed by atoms with E-state index in [1.165, 1.54) is 0 Å². The largest absolute Gasteiger partial charge is 0.457 e. The monoisotopic (exact) mass is 337 g/mol. The summed E-state index contributed by atoms with van der Waals surface area (Å²) in [6, 6.07) is 23.7. The van der Waals surface area contributed by atoms with Crippen molar-refractivity contribution in [3.8, 4) is 22.6 Å². The third-order valence-electron chi connectivity index (χ3n) is 3.63. The zero-order valence-electron chi connectivity index (χ0n) is 13.7. The number of anilines is 1. The molecule has 3 aromatic rings. The number of ether oxygens (including phenoxy) is 1. The summed E-state index contributed by atoms with van der Waals surface area (Å²) >= 11 is 0. The van der Waals surface area contributed by atoms with Gasteiger partial charge in [0.05, 0.1) is 0 Å². The molecule has 0 saturated carbocycles. The van der Waals surface area contributed by atoms with Gasteiger partial charge in [-0.25, -0.2) is 4.21 Å². The van der Waals surface area contributed by atoms with Gasteiger partial charge in [0.25, 0.3) is 0 Å². The molecule has 0 aromatic heterocycles. The van der Waals surface area contributed by atoms with Gasteiger partial charge in [-0.3, -0.25) is 0 Å². The van der Waals surface area contributed by atoms with Crippen molar-refractivity contribution in [1.29, 1.82) is 0 Å². The van der Waals surface area contributed by atoms with Crippen LogP contribution in [0.2, 0.25) is 0 Å². The van der Waals surface area contributed by atoms with Crippen molar-refractivity contribution in [2.75, 3.05) is 11.0 Å². The first kappa shape index (κ1) is 16.3. The maximum Gasteiger partial charge on any atom is 0.127 e. The normalized spacial score (nSPS) is 11.8. The van der Waals surface area contributed by atoms with E-state index in [1.807, 2.05) is 79.7 Å². The molecule has 0 aliphatic rings. The average molecular weight is 337 g/mol. The molecular formula is C20H19NO2S. The van der Waals surface area contributed by atoms with Crippen molar-refractivity contribution >= 4 is 16.7 Å². The fourth-order valence-corrected chi connectivity index (χ4v) is 3.00. The highest BCUT2D eigenvalue weighted by molar-refractivity contribution is 7.85. The predicted octanol–water partition coefficient (Wildman–Crippen LogP) is 5.16. The van der Waals surface area contributed by atoms with Crippen LogP contribution in [-0.4, -0.2) is 10.5 Å². The fourth-order valence-electron chi connectivity index (χ4n) is 2.54.